The van der Waals surface area contributed by atoms with E-state index in [1.54, 1.807) is 19.9 Å². The van der Waals surface area contributed by atoms with Crippen LogP contribution in [-0.4, -0.2) is 34.9 Å². The summed E-state index contributed by atoms with van der Waals surface area (Å²) in [5.74, 6) is 1.64. The van der Waals surface area contributed by atoms with E-state index in [0.717, 1.165) is 28.5 Å². The normalized spacial score (nSPS) is 23.8. The zero-order valence-corrected chi connectivity index (χ0v) is 26.5. The molecule has 4 aromatic rings. The zero-order chi connectivity index (χ0) is 31.8. The number of aryl methyl sites for hydroxylation is 2. The Hall–Kier alpha value is -4.26. The third-order valence-corrected chi connectivity index (χ3v) is 10.9. The summed E-state index contributed by atoms with van der Waals surface area (Å²) in [7, 11) is 0. The average molecular weight is 678 g/mol. The van der Waals surface area contributed by atoms with Gasteiger partial charge in [-0.25, -0.2) is 19.1 Å². The molecule has 12 nitrogen and oxygen atoms in total. The van der Waals surface area contributed by atoms with Crippen molar-refractivity contribution in [2.24, 2.45) is 22.7 Å². The van der Waals surface area contributed by atoms with E-state index in [1.165, 1.54) is 65.4 Å². The maximum atomic E-state index is 13.0. The summed E-state index contributed by atoms with van der Waals surface area (Å²) >= 11 is 3.62. The summed E-state index contributed by atoms with van der Waals surface area (Å²) in [4.78, 5) is 56.5. The van der Waals surface area contributed by atoms with Crippen molar-refractivity contribution in [2.75, 3.05) is 0 Å². The summed E-state index contributed by atoms with van der Waals surface area (Å²) in [6.07, 6.45) is 8.49. The highest BCUT2D eigenvalue weighted by molar-refractivity contribution is 9.10. The lowest BCUT2D eigenvalue weighted by Gasteiger charge is -2.57. The molecule has 2 aromatic carbocycles. The first-order valence-corrected chi connectivity index (χ1v) is 16.2. The Morgan fingerprint density at radius 1 is 1.02 bits per heavy atom. The molecule has 2 N–H and O–H groups in total. The monoisotopic (exact) mass is 676 g/mol. The molecule has 4 fully saturated rings. The Labute approximate surface area is 265 Å². The molecule has 0 amide bonds. The number of halogens is 1. The number of nitrogens with one attached hydrogen (secondary N) is 1. The minimum Gasteiger partial charge on any atom is -0.493 e. The molecule has 13 heteroatoms. The predicted molar refractivity (Wildman–Crippen MR) is 173 cm³/mol. The highest BCUT2D eigenvalue weighted by atomic mass is 79.9. The maximum Gasteiger partial charge on any atom is 0.335 e. The fraction of sp³-hybridized carbons (Fsp3) is 0.438. The van der Waals surface area contributed by atoms with Crippen LogP contribution in [0, 0.1) is 27.9 Å². The molecule has 4 aliphatic rings. The highest BCUT2D eigenvalue weighted by Crippen LogP contribution is 2.61. The molecule has 0 aliphatic heterocycles. The fourth-order valence-electron chi connectivity index (χ4n) is 8.69. The van der Waals surface area contributed by atoms with Gasteiger partial charge >= 0.3 is 11.4 Å². The third kappa shape index (κ3) is 4.62. The number of hydrogen-bond acceptors (Lipinski definition) is 7. The molecule has 45 heavy (non-hydrogen) atoms. The van der Waals surface area contributed by atoms with Crippen LogP contribution in [0.15, 0.2) is 54.2 Å². The van der Waals surface area contributed by atoms with Crippen LogP contribution >= 0.6 is 15.9 Å². The molecule has 0 spiro atoms. The van der Waals surface area contributed by atoms with E-state index in [4.69, 9.17) is 0 Å². The van der Waals surface area contributed by atoms with Gasteiger partial charge in [0, 0.05) is 29.8 Å². The number of nitro groups is 1. The van der Waals surface area contributed by atoms with Crippen LogP contribution in [0.3, 0.4) is 0 Å². The quantitative estimate of drug-likeness (QED) is 0.154. The molecule has 234 valence electrons. The second-order valence-corrected chi connectivity index (χ2v) is 13.7. The molecule has 0 unspecified atom stereocenters. The molecular formula is C32H33BrN6O6. The molecule has 2 heterocycles. The van der Waals surface area contributed by atoms with Crippen molar-refractivity contribution in [1.29, 1.82) is 0 Å². The number of aliphatic imine (C=N–C) groups is 1. The van der Waals surface area contributed by atoms with Gasteiger partial charge < -0.3 is 5.11 Å². The van der Waals surface area contributed by atoms with Gasteiger partial charge in [0.25, 0.3) is 11.2 Å². The maximum absolute atomic E-state index is 13.0. The number of H-pyrrole nitrogens is 1. The summed E-state index contributed by atoms with van der Waals surface area (Å²) in [6, 6.07) is 8.53. The molecule has 4 bridgehead atoms. The average Bonchev–Trinajstić information content (AvgIpc) is 3.25. The van der Waals surface area contributed by atoms with Gasteiger partial charge in [0.15, 0.2) is 0 Å². The first-order valence-electron chi connectivity index (χ1n) is 15.4. The van der Waals surface area contributed by atoms with E-state index < -0.39 is 22.1 Å². The number of rotatable bonds is 7. The second-order valence-electron chi connectivity index (χ2n) is 12.8. The van der Waals surface area contributed by atoms with Gasteiger partial charge in [-0.15, -0.1) is 0 Å². The topological polar surface area (TPSA) is 158 Å². The Bertz CT molecular complexity index is 2070. The molecular weight excluding hydrogens is 644 g/mol. The molecule has 0 radical (unpaired) electrons. The number of aromatic nitrogens is 4. The Morgan fingerprint density at radius 3 is 2.18 bits per heavy atom. The number of nitrogens with zero attached hydrogens (tertiary/aromatic N) is 5. The van der Waals surface area contributed by atoms with Crippen LogP contribution in [0.1, 0.15) is 63.5 Å². The Balaban J connectivity index is 1.30. The number of hydrogen-bond donors (Lipinski definition) is 2. The van der Waals surface area contributed by atoms with Crippen molar-refractivity contribution in [2.45, 2.75) is 70.9 Å². The lowest BCUT2D eigenvalue weighted by Crippen LogP contribution is -2.48. The lowest BCUT2D eigenvalue weighted by atomic mass is 9.48. The third-order valence-electron chi connectivity index (χ3n) is 10.2. The smallest absolute Gasteiger partial charge is 0.335 e. The van der Waals surface area contributed by atoms with Crippen molar-refractivity contribution in [1.82, 2.24) is 18.7 Å². The first kappa shape index (κ1) is 29.5. The summed E-state index contributed by atoms with van der Waals surface area (Å²) in [5.41, 5.74) is -0.322. The van der Waals surface area contributed by atoms with Crippen molar-refractivity contribution in [3.8, 4) is 11.6 Å². The van der Waals surface area contributed by atoms with Crippen molar-refractivity contribution < 1.29 is 10.0 Å². The summed E-state index contributed by atoms with van der Waals surface area (Å²) in [6.45, 7) is 4.23. The minimum atomic E-state index is -0.898. The van der Waals surface area contributed by atoms with Gasteiger partial charge in [0.2, 0.25) is 5.88 Å². The van der Waals surface area contributed by atoms with Crippen molar-refractivity contribution >= 4 is 44.6 Å². The van der Waals surface area contributed by atoms with Crippen molar-refractivity contribution in [3.05, 3.63) is 87.4 Å². The van der Waals surface area contributed by atoms with E-state index >= 15 is 0 Å². The highest BCUT2D eigenvalue weighted by Gasteiger charge is 2.51. The lowest BCUT2D eigenvalue weighted by molar-refractivity contribution is -0.383. The standard InChI is InChI=1S/C32H33BrN6O6/c1-3-36-26-11-23(25(39(44)45)12-27(26)37(4-2)31(36)43)34-16-21-28(40)35-30(42)38(29(21)41)24-6-5-20(10-22(24)33)32-13-17-7-18(14-32)9-19(8-17)15-32/h5-6,10-12,16-19,41H,3-4,7-9,13-15H2,1-2H3,(H,35,40,42). The number of aromatic hydroxyl groups is 1. The van der Waals surface area contributed by atoms with E-state index in [-0.39, 0.29) is 28.0 Å². The Morgan fingerprint density at radius 2 is 1.62 bits per heavy atom. The molecule has 0 atom stereocenters. The SMILES string of the molecule is CCn1c(=O)n(CC)c2cc([N+](=O)[O-])c(N=Cc3c(O)n(-c4ccc(C56CC7CC(CC(C7)C5)C6)cc4Br)c(=O)[nH]c3=O)cc21. The van der Waals surface area contributed by atoms with Gasteiger partial charge in [-0.2, -0.15) is 0 Å². The predicted octanol–water partition coefficient (Wildman–Crippen LogP) is 5.28. The number of benzene rings is 2. The van der Waals surface area contributed by atoms with Crippen LogP contribution in [0.25, 0.3) is 16.7 Å². The number of aromatic amines is 1. The number of nitro benzene ring substituents is 1. The van der Waals surface area contributed by atoms with E-state index in [9.17, 15) is 29.6 Å². The van der Waals surface area contributed by atoms with Crippen LogP contribution < -0.4 is 16.9 Å². The molecule has 4 aliphatic carbocycles. The first-order chi connectivity index (χ1) is 21.5. The van der Waals surface area contributed by atoms with Gasteiger partial charge in [-0.1, -0.05) is 6.07 Å². The van der Waals surface area contributed by atoms with Gasteiger partial charge in [0.05, 0.1) is 21.6 Å². The fourth-order valence-corrected chi connectivity index (χ4v) is 9.25. The van der Waals surface area contributed by atoms with Gasteiger partial charge in [-0.05, 0) is 115 Å². The van der Waals surface area contributed by atoms with Crippen LogP contribution in [-0.2, 0) is 18.5 Å². The van der Waals surface area contributed by atoms with E-state index in [0.29, 0.717) is 34.3 Å². The Kier molecular flexibility index (Phi) is 6.99. The molecule has 8 rings (SSSR count). The van der Waals surface area contributed by atoms with Crippen LogP contribution in [0.4, 0.5) is 11.4 Å². The van der Waals surface area contributed by atoms with Gasteiger partial charge in [0.1, 0.15) is 11.3 Å². The summed E-state index contributed by atoms with van der Waals surface area (Å²) in [5, 5.41) is 23.2. The summed E-state index contributed by atoms with van der Waals surface area (Å²) < 4.78 is 4.51. The van der Waals surface area contributed by atoms with E-state index in [1.807, 2.05) is 12.1 Å². The largest absolute Gasteiger partial charge is 0.493 e. The van der Waals surface area contributed by atoms with Crippen molar-refractivity contribution in [3.63, 3.8) is 0 Å². The van der Waals surface area contributed by atoms with Crippen LogP contribution in [0.5, 0.6) is 5.88 Å². The molecule has 2 aromatic heterocycles. The number of imidazole rings is 1. The van der Waals surface area contributed by atoms with E-state index in [2.05, 4.69) is 25.9 Å². The molecule has 0 saturated heterocycles. The molecule has 4 saturated carbocycles. The van der Waals surface area contributed by atoms with Crippen LogP contribution in [0.2, 0.25) is 0 Å². The second kappa shape index (κ2) is 10.7. The minimum absolute atomic E-state index is 0.111. The van der Waals surface area contributed by atoms with Gasteiger partial charge in [-0.3, -0.25) is 29.0 Å². The number of fused-ring (bicyclic) bond motifs is 1. The zero-order valence-electron chi connectivity index (χ0n) is 25.0.